The van der Waals surface area contributed by atoms with Crippen molar-refractivity contribution in [2.24, 2.45) is 0 Å². The van der Waals surface area contributed by atoms with Crippen LogP contribution in [0.4, 0.5) is 0 Å². The molecule has 31 heavy (non-hydrogen) atoms. The van der Waals surface area contributed by atoms with Crippen LogP contribution in [-0.2, 0) is 10.1 Å². The molecule has 0 heterocycles. The third-order valence-electron chi connectivity index (χ3n) is 4.31. The molecule has 0 aromatic heterocycles. The van der Waals surface area contributed by atoms with Gasteiger partial charge in [0.15, 0.2) is 11.5 Å². The molecule has 3 aromatic carbocycles. The van der Waals surface area contributed by atoms with Crippen LogP contribution in [0.15, 0.2) is 71.6 Å². The van der Waals surface area contributed by atoms with Gasteiger partial charge in [-0.25, -0.2) is 0 Å². The lowest BCUT2D eigenvalue weighted by Crippen LogP contribution is -2.09. The fourth-order valence-electron chi connectivity index (χ4n) is 2.75. The van der Waals surface area contributed by atoms with Crippen molar-refractivity contribution in [3.63, 3.8) is 0 Å². The number of ether oxygens (including phenoxy) is 2. The number of rotatable bonds is 7. The fourth-order valence-corrected chi connectivity index (χ4v) is 3.80. The summed E-state index contributed by atoms with van der Waals surface area (Å²) in [6.45, 7) is 0. The van der Waals surface area contributed by atoms with E-state index in [-0.39, 0.29) is 10.6 Å². The molecular weight excluding hydrogens is 438 g/mol. The van der Waals surface area contributed by atoms with Crippen molar-refractivity contribution < 1.29 is 22.1 Å². The van der Waals surface area contributed by atoms with Gasteiger partial charge in [-0.2, -0.15) is 13.7 Å². The summed E-state index contributed by atoms with van der Waals surface area (Å²) >= 11 is 5.79. The zero-order valence-electron chi connectivity index (χ0n) is 16.7. The van der Waals surface area contributed by atoms with E-state index in [1.807, 2.05) is 0 Å². The van der Waals surface area contributed by atoms with Gasteiger partial charge in [-0.05, 0) is 71.8 Å². The Balaban J connectivity index is 1.82. The summed E-state index contributed by atoms with van der Waals surface area (Å²) in [5, 5.41) is 10.0. The number of methoxy groups -OCH3 is 2. The van der Waals surface area contributed by atoms with Crippen molar-refractivity contribution in [1.29, 1.82) is 5.26 Å². The molecular formula is C23H18ClNO5S. The van der Waals surface area contributed by atoms with Gasteiger partial charge in [0.05, 0.1) is 25.9 Å². The summed E-state index contributed by atoms with van der Waals surface area (Å²) in [5.74, 6) is 1.22. The monoisotopic (exact) mass is 455 g/mol. The molecule has 0 atom stereocenters. The van der Waals surface area contributed by atoms with Crippen LogP contribution in [0, 0.1) is 11.3 Å². The van der Waals surface area contributed by atoms with E-state index in [2.05, 4.69) is 6.07 Å². The summed E-state index contributed by atoms with van der Waals surface area (Å²) < 4.78 is 40.4. The third kappa shape index (κ3) is 5.37. The Morgan fingerprint density at radius 1 is 0.935 bits per heavy atom. The Morgan fingerprint density at radius 3 is 2.16 bits per heavy atom. The summed E-state index contributed by atoms with van der Waals surface area (Å²) in [4.78, 5) is 0.00101. The lowest BCUT2D eigenvalue weighted by atomic mass is 10.0. The second kappa shape index (κ2) is 9.56. The van der Waals surface area contributed by atoms with Crippen molar-refractivity contribution in [1.82, 2.24) is 0 Å². The van der Waals surface area contributed by atoms with E-state index in [9.17, 15) is 13.7 Å². The minimum atomic E-state index is -3.98. The average Bonchev–Trinajstić information content (AvgIpc) is 2.78. The van der Waals surface area contributed by atoms with Crippen molar-refractivity contribution in [3.8, 4) is 23.3 Å². The number of benzene rings is 3. The molecule has 0 saturated carbocycles. The zero-order chi connectivity index (χ0) is 22.4. The maximum Gasteiger partial charge on any atom is 0.339 e. The van der Waals surface area contributed by atoms with Gasteiger partial charge in [0.1, 0.15) is 10.6 Å². The first kappa shape index (κ1) is 22.2. The predicted octanol–water partition coefficient (Wildman–Crippen LogP) is 5.19. The van der Waals surface area contributed by atoms with Crippen molar-refractivity contribution in [2.75, 3.05) is 14.2 Å². The minimum absolute atomic E-state index is 0.00101. The van der Waals surface area contributed by atoms with Crippen LogP contribution in [0.5, 0.6) is 17.2 Å². The smallest absolute Gasteiger partial charge is 0.339 e. The van der Waals surface area contributed by atoms with Gasteiger partial charge in [-0.3, -0.25) is 0 Å². The maximum absolute atomic E-state index is 12.4. The van der Waals surface area contributed by atoms with Gasteiger partial charge >= 0.3 is 10.1 Å². The van der Waals surface area contributed by atoms with E-state index < -0.39 is 10.1 Å². The second-order valence-corrected chi connectivity index (χ2v) is 8.28. The minimum Gasteiger partial charge on any atom is -0.493 e. The summed E-state index contributed by atoms with van der Waals surface area (Å²) in [6, 6.07) is 19.4. The van der Waals surface area contributed by atoms with Gasteiger partial charge < -0.3 is 13.7 Å². The lowest BCUT2D eigenvalue weighted by molar-refractivity contribution is 0.355. The molecule has 0 aliphatic rings. The summed E-state index contributed by atoms with van der Waals surface area (Å²) in [6.07, 6.45) is 1.68. The van der Waals surface area contributed by atoms with E-state index in [0.29, 0.717) is 33.2 Å². The molecule has 0 fully saturated rings. The first-order valence-corrected chi connectivity index (χ1v) is 10.8. The molecule has 0 unspecified atom stereocenters. The largest absolute Gasteiger partial charge is 0.493 e. The number of nitriles is 1. The average molecular weight is 456 g/mol. The number of allylic oxidation sites excluding steroid dienone is 1. The van der Waals surface area contributed by atoms with Gasteiger partial charge in [0.2, 0.25) is 0 Å². The Bertz CT molecular complexity index is 1240. The Kier molecular flexibility index (Phi) is 6.85. The van der Waals surface area contributed by atoms with Crippen LogP contribution in [0.25, 0.3) is 11.6 Å². The number of nitrogens with zero attached hydrogens (tertiary/aromatic N) is 1. The molecule has 8 heteroatoms. The number of halogens is 1. The van der Waals surface area contributed by atoms with Crippen LogP contribution in [0.3, 0.4) is 0 Å². The first-order chi connectivity index (χ1) is 14.9. The molecule has 0 amide bonds. The molecule has 0 saturated heterocycles. The van der Waals surface area contributed by atoms with Crippen molar-refractivity contribution >= 4 is 33.4 Å². The van der Waals surface area contributed by atoms with Gasteiger partial charge in [-0.15, -0.1) is 0 Å². The van der Waals surface area contributed by atoms with E-state index in [1.165, 1.54) is 50.6 Å². The molecule has 0 aliphatic heterocycles. The molecule has 158 valence electrons. The van der Waals surface area contributed by atoms with E-state index >= 15 is 0 Å². The highest BCUT2D eigenvalue weighted by Gasteiger charge is 2.16. The van der Waals surface area contributed by atoms with E-state index in [0.717, 1.165) is 0 Å². The summed E-state index contributed by atoms with van der Waals surface area (Å²) in [7, 11) is -0.921. The molecule has 3 aromatic rings. The Hall–Kier alpha value is -3.47. The predicted molar refractivity (Wildman–Crippen MR) is 119 cm³/mol. The molecule has 6 nitrogen and oxygen atoms in total. The van der Waals surface area contributed by atoms with Crippen molar-refractivity contribution in [3.05, 3.63) is 82.9 Å². The van der Waals surface area contributed by atoms with E-state index in [1.54, 1.807) is 36.4 Å². The lowest BCUT2D eigenvalue weighted by Gasteiger charge is -2.09. The standard InChI is InChI=1S/C23H18ClNO5S/c1-28-22-12-5-17(14-23(22)29-2)18(15-25)13-16-3-8-20(9-4-16)30-31(26,27)21-10-6-19(24)7-11-21/h3-14H,1-2H3/b18-13+. The van der Waals surface area contributed by atoms with Gasteiger partial charge in [0.25, 0.3) is 0 Å². The second-order valence-electron chi connectivity index (χ2n) is 6.30. The van der Waals surface area contributed by atoms with Crippen LogP contribution >= 0.6 is 11.6 Å². The molecule has 3 rings (SSSR count). The van der Waals surface area contributed by atoms with Crippen molar-refractivity contribution in [2.45, 2.75) is 4.90 Å². The van der Waals surface area contributed by atoms with Crippen LogP contribution in [0.2, 0.25) is 5.02 Å². The number of hydrogen-bond donors (Lipinski definition) is 0. The number of hydrogen-bond acceptors (Lipinski definition) is 6. The SMILES string of the molecule is COc1ccc(/C(C#N)=C/c2ccc(OS(=O)(=O)c3ccc(Cl)cc3)cc2)cc1OC. The summed E-state index contributed by atoms with van der Waals surface area (Å²) in [5.41, 5.74) is 1.76. The molecule has 0 N–H and O–H groups in total. The zero-order valence-corrected chi connectivity index (χ0v) is 18.3. The van der Waals surface area contributed by atoms with Crippen LogP contribution < -0.4 is 13.7 Å². The maximum atomic E-state index is 12.4. The highest BCUT2D eigenvalue weighted by Crippen LogP contribution is 2.31. The van der Waals surface area contributed by atoms with Gasteiger partial charge in [0, 0.05) is 5.02 Å². The highest BCUT2D eigenvalue weighted by atomic mass is 35.5. The molecule has 0 bridgehead atoms. The van der Waals surface area contributed by atoms with Gasteiger partial charge in [-0.1, -0.05) is 23.7 Å². The molecule has 0 aliphatic carbocycles. The quantitative estimate of drug-likeness (QED) is 0.277. The van der Waals surface area contributed by atoms with E-state index in [4.69, 9.17) is 25.3 Å². The first-order valence-electron chi connectivity index (χ1n) is 9.00. The Labute approximate surface area is 186 Å². The highest BCUT2D eigenvalue weighted by molar-refractivity contribution is 7.87. The Morgan fingerprint density at radius 2 is 1.58 bits per heavy atom. The normalized spacial score (nSPS) is 11.5. The topological polar surface area (TPSA) is 85.6 Å². The molecule has 0 radical (unpaired) electrons. The van der Waals surface area contributed by atoms with Crippen LogP contribution in [0.1, 0.15) is 11.1 Å². The fraction of sp³-hybridized carbons (Fsp3) is 0.0870. The third-order valence-corrected chi connectivity index (χ3v) is 5.83. The van der Waals surface area contributed by atoms with Crippen LogP contribution in [-0.4, -0.2) is 22.6 Å². The molecule has 0 spiro atoms.